The molecule has 0 rings (SSSR count). The predicted molar refractivity (Wildman–Crippen MR) is 40.0 cm³/mol. The van der Waals surface area contributed by atoms with Gasteiger partial charge in [0.2, 0.25) is 0 Å². The van der Waals surface area contributed by atoms with Gasteiger partial charge in [0.25, 0.3) is 0 Å². The van der Waals surface area contributed by atoms with Crippen molar-refractivity contribution in [3.8, 4) is 0 Å². The standard InChI is InChI=1S/C6H13NO5/c1-3(8)5(10)6(11)4(9)2-7-12/h2-6,8-12H,1H3/b7-2+/t3-,4+,5+,6-/m0/s1. The van der Waals surface area contributed by atoms with Gasteiger partial charge < -0.3 is 25.6 Å². The molecule has 12 heavy (non-hydrogen) atoms. The van der Waals surface area contributed by atoms with Gasteiger partial charge >= 0.3 is 0 Å². The van der Waals surface area contributed by atoms with Gasteiger partial charge in [0.05, 0.1) is 12.3 Å². The van der Waals surface area contributed by atoms with Crippen molar-refractivity contribution in [3.63, 3.8) is 0 Å². The zero-order valence-electron chi connectivity index (χ0n) is 6.57. The van der Waals surface area contributed by atoms with Crippen LogP contribution in [-0.4, -0.2) is 56.3 Å². The second-order valence-corrected chi connectivity index (χ2v) is 2.48. The van der Waals surface area contributed by atoms with Crippen LogP contribution in [0.5, 0.6) is 0 Å². The number of aliphatic hydroxyl groups is 4. The molecule has 72 valence electrons. The van der Waals surface area contributed by atoms with Crippen LogP contribution in [0.3, 0.4) is 0 Å². The summed E-state index contributed by atoms with van der Waals surface area (Å²) in [4.78, 5) is 0. The second-order valence-electron chi connectivity index (χ2n) is 2.48. The Balaban J connectivity index is 4.08. The summed E-state index contributed by atoms with van der Waals surface area (Å²) in [7, 11) is 0. The Bertz CT molecular complexity index is 149. The topological polar surface area (TPSA) is 114 Å². The molecular weight excluding hydrogens is 166 g/mol. The number of aliphatic hydroxyl groups excluding tert-OH is 4. The lowest BCUT2D eigenvalue weighted by atomic mass is 10.1. The minimum absolute atomic E-state index is 0.649. The maximum atomic E-state index is 9.03. The molecule has 6 heteroatoms. The lowest BCUT2D eigenvalue weighted by Crippen LogP contribution is -2.43. The van der Waals surface area contributed by atoms with E-state index < -0.39 is 24.4 Å². The highest BCUT2D eigenvalue weighted by atomic mass is 16.4. The van der Waals surface area contributed by atoms with E-state index >= 15 is 0 Å². The molecule has 0 aliphatic carbocycles. The SMILES string of the molecule is C[C@H](O)[C@@H](O)[C@@H](O)[C@H](O)/C=N/O. The fraction of sp³-hybridized carbons (Fsp3) is 0.833. The molecule has 0 bridgehead atoms. The van der Waals surface area contributed by atoms with Crippen molar-refractivity contribution in [1.82, 2.24) is 0 Å². The summed E-state index contributed by atoms with van der Waals surface area (Å²) in [6, 6.07) is 0. The molecule has 0 radical (unpaired) electrons. The first-order valence-electron chi connectivity index (χ1n) is 3.40. The van der Waals surface area contributed by atoms with Crippen LogP contribution < -0.4 is 0 Å². The summed E-state index contributed by atoms with van der Waals surface area (Å²) < 4.78 is 0. The Kier molecular flexibility index (Phi) is 4.75. The lowest BCUT2D eigenvalue weighted by molar-refractivity contribution is -0.0824. The van der Waals surface area contributed by atoms with E-state index in [0.717, 1.165) is 0 Å². The van der Waals surface area contributed by atoms with Gasteiger partial charge in [-0.1, -0.05) is 5.16 Å². The van der Waals surface area contributed by atoms with Crippen molar-refractivity contribution in [1.29, 1.82) is 0 Å². The average Bonchev–Trinajstić information content (AvgIpc) is 2.02. The Morgan fingerprint density at radius 2 is 1.58 bits per heavy atom. The number of rotatable bonds is 4. The second kappa shape index (κ2) is 5.04. The molecule has 0 aromatic rings. The van der Waals surface area contributed by atoms with Crippen LogP contribution in [0.4, 0.5) is 0 Å². The fourth-order valence-corrected chi connectivity index (χ4v) is 0.644. The van der Waals surface area contributed by atoms with Crippen molar-refractivity contribution < 1.29 is 25.6 Å². The average molecular weight is 179 g/mol. The summed E-state index contributed by atoms with van der Waals surface area (Å²) in [5, 5.41) is 46.1. The largest absolute Gasteiger partial charge is 0.411 e. The third-order valence-electron chi connectivity index (χ3n) is 1.41. The van der Waals surface area contributed by atoms with E-state index in [-0.39, 0.29) is 0 Å². The summed E-state index contributed by atoms with van der Waals surface area (Å²) in [5.74, 6) is 0. The highest BCUT2D eigenvalue weighted by molar-refractivity contribution is 5.62. The van der Waals surface area contributed by atoms with E-state index in [1.807, 2.05) is 0 Å². The molecule has 0 unspecified atom stereocenters. The van der Waals surface area contributed by atoms with E-state index in [4.69, 9.17) is 25.6 Å². The first-order chi connectivity index (χ1) is 5.50. The monoisotopic (exact) mass is 179 g/mol. The first-order valence-corrected chi connectivity index (χ1v) is 3.40. The van der Waals surface area contributed by atoms with E-state index in [9.17, 15) is 0 Å². The van der Waals surface area contributed by atoms with Crippen LogP contribution in [0.1, 0.15) is 6.92 Å². The summed E-state index contributed by atoms with van der Waals surface area (Å²) in [5.41, 5.74) is 0. The number of hydrogen-bond acceptors (Lipinski definition) is 6. The first kappa shape index (κ1) is 11.3. The Hall–Kier alpha value is -0.690. The molecule has 0 aliphatic rings. The molecule has 0 spiro atoms. The van der Waals surface area contributed by atoms with Crippen LogP contribution in [0.15, 0.2) is 5.16 Å². The van der Waals surface area contributed by atoms with E-state index in [2.05, 4.69) is 5.16 Å². The van der Waals surface area contributed by atoms with Crippen LogP contribution in [0.2, 0.25) is 0 Å². The van der Waals surface area contributed by atoms with Crippen molar-refractivity contribution in [2.45, 2.75) is 31.3 Å². The van der Waals surface area contributed by atoms with Gasteiger partial charge in [0.1, 0.15) is 18.3 Å². The molecule has 0 aliphatic heterocycles. The van der Waals surface area contributed by atoms with Gasteiger partial charge in [0.15, 0.2) is 0 Å². The molecule has 0 saturated heterocycles. The highest BCUT2D eigenvalue weighted by Gasteiger charge is 2.26. The molecule has 5 N–H and O–H groups in total. The van der Waals surface area contributed by atoms with E-state index in [1.165, 1.54) is 6.92 Å². The van der Waals surface area contributed by atoms with Gasteiger partial charge in [-0.05, 0) is 6.92 Å². The van der Waals surface area contributed by atoms with Gasteiger partial charge in [0, 0.05) is 0 Å². The van der Waals surface area contributed by atoms with Crippen LogP contribution in [0, 0.1) is 0 Å². The normalized spacial score (nSPS) is 22.1. The van der Waals surface area contributed by atoms with Crippen molar-refractivity contribution in [2.24, 2.45) is 5.16 Å². The smallest absolute Gasteiger partial charge is 0.121 e. The molecule has 0 aromatic heterocycles. The van der Waals surface area contributed by atoms with Crippen molar-refractivity contribution in [2.75, 3.05) is 0 Å². The van der Waals surface area contributed by atoms with Gasteiger partial charge in [-0.2, -0.15) is 0 Å². The zero-order valence-corrected chi connectivity index (χ0v) is 6.57. The maximum absolute atomic E-state index is 9.03. The van der Waals surface area contributed by atoms with E-state index in [0.29, 0.717) is 6.21 Å². The minimum atomic E-state index is -1.57. The molecule has 4 atom stereocenters. The zero-order chi connectivity index (χ0) is 9.72. The molecule has 0 amide bonds. The molecule has 0 fully saturated rings. The summed E-state index contributed by atoms with van der Waals surface area (Å²) in [6.45, 7) is 1.26. The van der Waals surface area contributed by atoms with Crippen LogP contribution in [0.25, 0.3) is 0 Å². The third kappa shape index (κ3) is 3.14. The maximum Gasteiger partial charge on any atom is 0.121 e. The fourth-order valence-electron chi connectivity index (χ4n) is 0.644. The summed E-state index contributed by atoms with van der Waals surface area (Å²) >= 11 is 0. The highest BCUT2D eigenvalue weighted by Crippen LogP contribution is 2.02. The molecule has 0 saturated carbocycles. The Morgan fingerprint density at radius 1 is 1.08 bits per heavy atom. The minimum Gasteiger partial charge on any atom is -0.411 e. The molecule has 0 heterocycles. The van der Waals surface area contributed by atoms with Gasteiger partial charge in [-0.25, -0.2) is 0 Å². The lowest BCUT2D eigenvalue weighted by Gasteiger charge is -2.21. The predicted octanol–water partition coefficient (Wildman–Crippen LogP) is -2.09. The summed E-state index contributed by atoms with van der Waals surface area (Å²) in [6.07, 6.45) is -5.06. The number of nitrogens with zero attached hydrogens (tertiary/aromatic N) is 1. The van der Waals surface area contributed by atoms with Crippen LogP contribution >= 0.6 is 0 Å². The molecule has 6 nitrogen and oxygen atoms in total. The molecular formula is C6H13NO5. The number of oxime groups is 1. The quantitative estimate of drug-likeness (QED) is 0.193. The van der Waals surface area contributed by atoms with E-state index in [1.54, 1.807) is 0 Å². The third-order valence-corrected chi connectivity index (χ3v) is 1.41. The van der Waals surface area contributed by atoms with Crippen molar-refractivity contribution >= 4 is 6.21 Å². The number of hydrogen-bond donors (Lipinski definition) is 5. The van der Waals surface area contributed by atoms with Crippen molar-refractivity contribution in [3.05, 3.63) is 0 Å². The Labute approximate surface area is 69.4 Å². The van der Waals surface area contributed by atoms with Gasteiger partial charge in [-0.15, -0.1) is 0 Å². The van der Waals surface area contributed by atoms with Crippen LogP contribution in [-0.2, 0) is 0 Å². The molecule has 0 aromatic carbocycles. The Morgan fingerprint density at radius 3 is 1.92 bits per heavy atom. The van der Waals surface area contributed by atoms with Gasteiger partial charge in [-0.3, -0.25) is 0 Å².